The number of aryl methyl sites for hydroxylation is 1. The van der Waals surface area contributed by atoms with Gasteiger partial charge in [0.1, 0.15) is 0 Å². The van der Waals surface area contributed by atoms with E-state index in [9.17, 15) is 18.0 Å². The summed E-state index contributed by atoms with van der Waals surface area (Å²) >= 11 is -0.186. The number of rotatable bonds is 5. The largest absolute Gasteiger partial charge is 0.481 e. The second-order valence-electron chi connectivity index (χ2n) is 3.88. The first-order chi connectivity index (χ1) is 8.29. The number of benzene rings is 1. The van der Waals surface area contributed by atoms with Crippen molar-refractivity contribution < 1.29 is 23.1 Å². The molecule has 2 nitrogen and oxygen atoms in total. The molecule has 0 amide bonds. The van der Waals surface area contributed by atoms with Crippen LogP contribution in [0.3, 0.4) is 0 Å². The van der Waals surface area contributed by atoms with Crippen molar-refractivity contribution >= 4 is 17.7 Å². The summed E-state index contributed by atoms with van der Waals surface area (Å²) in [4.78, 5) is 11.0. The zero-order chi connectivity index (χ0) is 13.8. The van der Waals surface area contributed by atoms with E-state index in [1.807, 2.05) is 6.92 Å². The van der Waals surface area contributed by atoms with Crippen LogP contribution >= 0.6 is 11.8 Å². The molecule has 1 unspecified atom stereocenters. The highest BCUT2D eigenvalue weighted by molar-refractivity contribution is 8.00. The lowest BCUT2D eigenvalue weighted by Crippen LogP contribution is -2.14. The summed E-state index contributed by atoms with van der Waals surface area (Å²) in [6, 6.07) is 6.79. The maximum Gasteiger partial charge on any atom is 0.441 e. The second-order valence-corrected chi connectivity index (χ2v) is 5.04. The Morgan fingerprint density at radius 1 is 1.33 bits per heavy atom. The summed E-state index contributed by atoms with van der Waals surface area (Å²) in [7, 11) is 0. The summed E-state index contributed by atoms with van der Waals surface area (Å²) in [5.41, 5.74) is -2.79. The monoisotopic (exact) mass is 278 g/mol. The molecule has 0 heterocycles. The number of alkyl halides is 3. The molecule has 0 aliphatic rings. The van der Waals surface area contributed by atoms with Gasteiger partial charge in [-0.15, -0.1) is 0 Å². The summed E-state index contributed by atoms with van der Waals surface area (Å²) in [6.07, 6.45) is -0.0391. The van der Waals surface area contributed by atoms with E-state index in [0.717, 1.165) is 5.56 Å². The molecule has 0 radical (unpaired) electrons. The number of aliphatic carboxylic acids is 1. The second kappa shape index (κ2) is 6.13. The summed E-state index contributed by atoms with van der Waals surface area (Å²) < 4.78 is 35.9. The van der Waals surface area contributed by atoms with Crippen molar-refractivity contribution in [1.29, 1.82) is 0 Å². The molecule has 0 aromatic heterocycles. The first-order valence-electron chi connectivity index (χ1n) is 5.29. The van der Waals surface area contributed by atoms with Crippen LogP contribution in [0.15, 0.2) is 24.3 Å². The van der Waals surface area contributed by atoms with Gasteiger partial charge >= 0.3 is 11.5 Å². The van der Waals surface area contributed by atoms with E-state index in [4.69, 9.17) is 5.11 Å². The van der Waals surface area contributed by atoms with Gasteiger partial charge in [0.25, 0.3) is 0 Å². The predicted octanol–water partition coefficient (Wildman–Crippen LogP) is 3.81. The molecule has 0 saturated carbocycles. The van der Waals surface area contributed by atoms with Crippen LogP contribution in [0.25, 0.3) is 0 Å². The molecule has 1 aromatic carbocycles. The quantitative estimate of drug-likeness (QED) is 0.890. The number of carbonyl (C=O) groups is 1. The van der Waals surface area contributed by atoms with Crippen LogP contribution in [-0.2, 0) is 4.79 Å². The Labute approximate surface area is 107 Å². The van der Waals surface area contributed by atoms with Crippen LogP contribution in [0.2, 0.25) is 0 Å². The van der Waals surface area contributed by atoms with Gasteiger partial charge in [-0.1, -0.05) is 41.6 Å². The normalized spacial score (nSPS) is 13.3. The van der Waals surface area contributed by atoms with Gasteiger partial charge in [0.15, 0.2) is 0 Å². The molecule has 1 N–H and O–H groups in total. The van der Waals surface area contributed by atoms with Crippen LogP contribution in [0.1, 0.15) is 23.5 Å². The van der Waals surface area contributed by atoms with Crippen molar-refractivity contribution in [3.05, 3.63) is 35.4 Å². The van der Waals surface area contributed by atoms with E-state index >= 15 is 0 Å². The Kier molecular flexibility index (Phi) is 5.07. The fourth-order valence-corrected chi connectivity index (χ4v) is 2.11. The van der Waals surface area contributed by atoms with Crippen molar-refractivity contribution in [3.8, 4) is 0 Å². The highest BCUT2D eigenvalue weighted by Gasteiger charge is 2.29. The van der Waals surface area contributed by atoms with Crippen LogP contribution in [0.4, 0.5) is 13.2 Å². The van der Waals surface area contributed by atoms with Crippen molar-refractivity contribution in [3.63, 3.8) is 0 Å². The number of hydrogen-bond acceptors (Lipinski definition) is 2. The molecular weight excluding hydrogens is 265 g/mol. The molecule has 0 aliphatic carbocycles. The van der Waals surface area contributed by atoms with Crippen LogP contribution in [0, 0.1) is 6.92 Å². The molecule has 0 saturated heterocycles. The number of carboxylic acids is 1. The SMILES string of the molecule is Cc1ccc(C(CCSC(F)(F)F)C(=O)O)cc1. The van der Waals surface area contributed by atoms with E-state index in [2.05, 4.69) is 0 Å². The molecule has 100 valence electrons. The first-order valence-corrected chi connectivity index (χ1v) is 6.28. The van der Waals surface area contributed by atoms with E-state index in [-0.39, 0.29) is 23.9 Å². The van der Waals surface area contributed by atoms with Crippen LogP contribution in [0.5, 0.6) is 0 Å². The summed E-state index contributed by atoms with van der Waals surface area (Å²) in [5, 5.41) is 9.03. The lowest BCUT2D eigenvalue weighted by atomic mass is 9.96. The minimum atomic E-state index is -4.31. The Bertz CT molecular complexity index is 401. The third kappa shape index (κ3) is 5.00. The van der Waals surface area contributed by atoms with E-state index in [1.165, 1.54) is 0 Å². The molecule has 18 heavy (non-hydrogen) atoms. The standard InChI is InChI=1S/C12H13F3O2S/c1-8-2-4-9(5-3-8)10(11(16)17)6-7-18-12(13,14)15/h2-5,10H,6-7H2,1H3,(H,16,17). The van der Waals surface area contributed by atoms with E-state index in [1.54, 1.807) is 24.3 Å². The minimum Gasteiger partial charge on any atom is -0.481 e. The van der Waals surface area contributed by atoms with E-state index < -0.39 is 17.4 Å². The van der Waals surface area contributed by atoms with Gasteiger partial charge in [-0.25, -0.2) is 0 Å². The molecule has 0 fully saturated rings. The zero-order valence-electron chi connectivity index (χ0n) is 9.70. The molecule has 0 aliphatic heterocycles. The van der Waals surface area contributed by atoms with Gasteiger partial charge in [-0.05, 0) is 18.9 Å². The molecule has 1 rings (SSSR count). The Hall–Kier alpha value is -1.17. The maximum atomic E-state index is 12.0. The van der Waals surface area contributed by atoms with Crippen molar-refractivity contribution in [2.75, 3.05) is 5.75 Å². The first kappa shape index (κ1) is 14.9. The fourth-order valence-electron chi connectivity index (χ4n) is 1.52. The number of carboxylic acid groups (broad SMARTS) is 1. The third-order valence-electron chi connectivity index (χ3n) is 2.45. The van der Waals surface area contributed by atoms with Gasteiger partial charge in [-0.2, -0.15) is 13.2 Å². The number of thioether (sulfide) groups is 1. The topological polar surface area (TPSA) is 37.3 Å². The molecule has 6 heteroatoms. The highest BCUT2D eigenvalue weighted by atomic mass is 32.2. The minimum absolute atomic E-state index is 0.0391. The third-order valence-corrected chi connectivity index (χ3v) is 3.22. The van der Waals surface area contributed by atoms with Gasteiger partial charge in [0.05, 0.1) is 5.92 Å². The zero-order valence-corrected chi connectivity index (χ0v) is 10.5. The van der Waals surface area contributed by atoms with Crippen LogP contribution < -0.4 is 0 Å². The maximum absolute atomic E-state index is 12.0. The summed E-state index contributed by atoms with van der Waals surface area (Å²) in [5.74, 6) is -2.24. The molecular formula is C12H13F3O2S. The van der Waals surface area contributed by atoms with Crippen LogP contribution in [-0.4, -0.2) is 22.3 Å². The lowest BCUT2D eigenvalue weighted by Gasteiger charge is -2.13. The Balaban J connectivity index is 2.66. The highest BCUT2D eigenvalue weighted by Crippen LogP contribution is 2.33. The van der Waals surface area contributed by atoms with Gasteiger partial charge in [-0.3, -0.25) is 4.79 Å². The average molecular weight is 278 g/mol. The number of hydrogen-bond donors (Lipinski definition) is 1. The van der Waals surface area contributed by atoms with Crippen molar-refractivity contribution in [2.45, 2.75) is 24.8 Å². The van der Waals surface area contributed by atoms with Crippen molar-refractivity contribution in [1.82, 2.24) is 0 Å². The lowest BCUT2D eigenvalue weighted by molar-refractivity contribution is -0.138. The summed E-state index contributed by atoms with van der Waals surface area (Å²) in [6.45, 7) is 1.86. The van der Waals surface area contributed by atoms with Gasteiger partial charge in [0, 0.05) is 5.75 Å². The molecule has 0 bridgehead atoms. The molecule has 0 spiro atoms. The Morgan fingerprint density at radius 2 is 1.89 bits per heavy atom. The molecule has 1 aromatic rings. The van der Waals surface area contributed by atoms with Gasteiger partial charge in [0.2, 0.25) is 0 Å². The van der Waals surface area contributed by atoms with E-state index in [0.29, 0.717) is 5.56 Å². The van der Waals surface area contributed by atoms with Crippen molar-refractivity contribution in [2.24, 2.45) is 0 Å². The Morgan fingerprint density at radius 3 is 2.33 bits per heavy atom. The predicted molar refractivity (Wildman–Crippen MR) is 64.7 cm³/mol. The molecule has 1 atom stereocenters. The van der Waals surface area contributed by atoms with Gasteiger partial charge < -0.3 is 5.11 Å². The number of halogens is 3. The average Bonchev–Trinajstić information content (AvgIpc) is 2.24. The fraction of sp³-hybridized carbons (Fsp3) is 0.417. The smallest absolute Gasteiger partial charge is 0.441 e.